The van der Waals surface area contributed by atoms with Crippen LogP contribution < -0.4 is 15.4 Å². The van der Waals surface area contributed by atoms with E-state index in [1.807, 2.05) is 0 Å². The van der Waals surface area contributed by atoms with Crippen LogP contribution in [0, 0.1) is 0 Å². The number of hydrogen-bond acceptors (Lipinski definition) is 3. The Hall–Kier alpha value is -1.69. The van der Waals surface area contributed by atoms with Crippen LogP contribution in [0.1, 0.15) is 31.4 Å². The molecule has 1 unspecified atom stereocenters. The van der Waals surface area contributed by atoms with Crippen molar-refractivity contribution in [3.05, 3.63) is 29.8 Å². The standard InChI is InChI=1S/C14H18F2N2O2/c1-9(18-13(19)11-6-4-8-17-11)10-5-2-3-7-12(10)20-14(15)16/h2-3,5,7,9,11,14,17H,4,6,8H2,1H3,(H,18,19)/t9?,11-/m0/s1. The fourth-order valence-electron chi connectivity index (χ4n) is 2.34. The van der Waals surface area contributed by atoms with Gasteiger partial charge >= 0.3 is 6.61 Å². The average molecular weight is 284 g/mol. The number of para-hydroxylation sites is 1. The highest BCUT2D eigenvalue weighted by Crippen LogP contribution is 2.26. The number of rotatable bonds is 5. The molecular weight excluding hydrogens is 266 g/mol. The maximum atomic E-state index is 12.4. The first-order valence-electron chi connectivity index (χ1n) is 6.65. The zero-order valence-corrected chi connectivity index (χ0v) is 11.2. The van der Waals surface area contributed by atoms with Gasteiger partial charge in [0.1, 0.15) is 5.75 Å². The number of carbonyl (C=O) groups is 1. The van der Waals surface area contributed by atoms with E-state index in [0.29, 0.717) is 5.56 Å². The number of nitrogens with one attached hydrogen (secondary N) is 2. The topological polar surface area (TPSA) is 50.4 Å². The zero-order valence-electron chi connectivity index (χ0n) is 11.2. The Morgan fingerprint density at radius 1 is 1.45 bits per heavy atom. The Bertz CT molecular complexity index is 462. The molecule has 2 rings (SSSR count). The van der Waals surface area contributed by atoms with Gasteiger partial charge in [-0.3, -0.25) is 4.79 Å². The van der Waals surface area contributed by atoms with Crippen molar-refractivity contribution in [2.24, 2.45) is 0 Å². The van der Waals surface area contributed by atoms with Crippen molar-refractivity contribution in [2.45, 2.75) is 38.5 Å². The predicted octanol–water partition coefficient (Wildman–Crippen LogP) is 2.22. The maximum absolute atomic E-state index is 12.4. The number of ether oxygens (including phenoxy) is 1. The van der Waals surface area contributed by atoms with Gasteiger partial charge in [-0.15, -0.1) is 0 Å². The summed E-state index contributed by atoms with van der Waals surface area (Å²) in [6, 6.07) is 5.90. The van der Waals surface area contributed by atoms with Crippen LogP contribution in [0.4, 0.5) is 8.78 Å². The van der Waals surface area contributed by atoms with Crippen LogP contribution in [0.2, 0.25) is 0 Å². The number of hydrogen-bond donors (Lipinski definition) is 2. The van der Waals surface area contributed by atoms with Crippen LogP contribution in [0.5, 0.6) is 5.75 Å². The zero-order chi connectivity index (χ0) is 14.5. The Kier molecular flexibility index (Phi) is 4.89. The summed E-state index contributed by atoms with van der Waals surface area (Å²) in [5.41, 5.74) is 0.541. The molecule has 0 radical (unpaired) electrons. The molecule has 4 nitrogen and oxygen atoms in total. The second-order valence-electron chi connectivity index (χ2n) is 4.80. The van der Waals surface area contributed by atoms with E-state index in [9.17, 15) is 13.6 Å². The lowest BCUT2D eigenvalue weighted by Gasteiger charge is -2.20. The molecule has 0 saturated carbocycles. The fourth-order valence-corrected chi connectivity index (χ4v) is 2.34. The highest BCUT2D eigenvalue weighted by molar-refractivity contribution is 5.82. The molecular formula is C14H18F2N2O2. The molecule has 0 aromatic heterocycles. The average Bonchev–Trinajstić information content (AvgIpc) is 2.92. The van der Waals surface area contributed by atoms with Gasteiger partial charge < -0.3 is 15.4 Å². The van der Waals surface area contributed by atoms with E-state index in [-0.39, 0.29) is 23.7 Å². The predicted molar refractivity (Wildman–Crippen MR) is 70.7 cm³/mol. The molecule has 110 valence electrons. The van der Waals surface area contributed by atoms with E-state index < -0.39 is 6.61 Å². The molecule has 6 heteroatoms. The number of halogens is 2. The summed E-state index contributed by atoms with van der Waals surface area (Å²) in [7, 11) is 0. The van der Waals surface area contributed by atoms with Crippen molar-refractivity contribution < 1.29 is 18.3 Å². The van der Waals surface area contributed by atoms with Crippen LogP contribution in [-0.4, -0.2) is 25.1 Å². The smallest absolute Gasteiger partial charge is 0.387 e. The van der Waals surface area contributed by atoms with Gasteiger partial charge in [-0.05, 0) is 32.4 Å². The van der Waals surface area contributed by atoms with Crippen molar-refractivity contribution >= 4 is 5.91 Å². The lowest BCUT2D eigenvalue weighted by molar-refractivity contribution is -0.123. The lowest BCUT2D eigenvalue weighted by atomic mass is 10.1. The van der Waals surface area contributed by atoms with E-state index in [0.717, 1.165) is 19.4 Å². The van der Waals surface area contributed by atoms with Gasteiger partial charge in [0.2, 0.25) is 5.91 Å². The van der Waals surface area contributed by atoms with E-state index in [2.05, 4.69) is 15.4 Å². The van der Waals surface area contributed by atoms with Crippen molar-refractivity contribution in [3.63, 3.8) is 0 Å². The molecule has 1 saturated heterocycles. The summed E-state index contributed by atoms with van der Waals surface area (Å²) < 4.78 is 29.2. The van der Waals surface area contributed by atoms with Crippen LogP contribution >= 0.6 is 0 Å². The molecule has 1 aromatic rings. The van der Waals surface area contributed by atoms with Gasteiger partial charge in [-0.1, -0.05) is 18.2 Å². The van der Waals surface area contributed by atoms with E-state index in [1.165, 1.54) is 6.07 Å². The minimum atomic E-state index is -2.88. The van der Waals surface area contributed by atoms with Crippen molar-refractivity contribution in [2.75, 3.05) is 6.54 Å². The van der Waals surface area contributed by atoms with Gasteiger partial charge in [-0.2, -0.15) is 8.78 Å². The number of amides is 1. The molecule has 1 heterocycles. The fraction of sp³-hybridized carbons (Fsp3) is 0.500. The lowest BCUT2D eigenvalue weighted by Crippen LogP contribution is -2.41. The molecule has 20 heavy (non-hydrogen) atoms. The van der Waals surface area contributed by atoms with Gasteiger partial charge in [0.15, 0.2) is 0 Å². The summed E-state index contributed by atoms with van der Waals surface area (Å²) in [6.07, 6.45) is 1.77. The third-order valence-corrected chi connectivity index (χ3v) is 3.34. The summed E-state index contributed by atoms with van der Waals surface area (Å²) in [4.78, 5) is 12.0. The molecule has 2 N–H and O–H groups in total. The highest BCUT2D eigenvalue weighted by atomic mass is 19.3. The van der Waals surface area contributed by atoms with Crippen molar-refractivity contribution in [3.8, 4) is 5.75 Å². The first-order valence-corrected chi connectivity index (χ1v) is 6.65. The van der Waals surface area contributed by atoms with Crippen LogP contribution in [0.3, 0.4) is 0 Å². The van der Waals surface area contributed by atoms with Crippen molar-refractivity contribution in [1.82, 2.24) is 10.6 Å². The SMILES string of the molecule is CC(NC(=O)[C@@H]1CCCN1)c1ccccc1OC(F)F. The summed E-state index contributed by atoms with van der Waals surface area (Å²) in [5, 5.41) is 5.92. The molecule has 0 bridgehead atoms. The number of alkyl halides is 2. The first kappa shape index (κ1) is 14.7. The van der Waals surface area contributed by atoms with Gasteiger partial charge in [-0.25, -0.2) is 0 Å². The van der Waals surface area contributed by atoms with Crippen LogP contribution in [-0.2, 0) is 4.79 Å². The van der Waals surface area contributed by atoms with E-state index in [4.69, 9.17) is 0 Å². The van der Waals surface area contributed by atoms with E-state index >= 15 is 0 Å². The Morgan fingerprint density at radius 3 is 2.85 bits per heavy atom. The number of carbonyl (C=O) groups excluding carboxylic acids is 1. The molecule has 1 aliphatic heterocycles. The van der Waals surface area contributed by atoms with Gasteiger partial charge in [0.25, 0.3) is 0 Å². The maximum Gasteiger partial charge on any atom is 0.387 e. The molecule has 2 atom stereocenters. The molecule has 1 aliphatic rings. The highest BCUT2D eigenvalue weighted by Gasteiger charge is 2.24. The molecule has 1 fully saturated rings. The third kappa shape index (κ3) is 3.66. The first-order chi connectivity index (χ1) is 9.58. The molecule has 1 amide bonds. The Balaban J connectivity index is 2.04. The Morgan fingerprint density at radius 2 is 2.20 bits per heavy atom. The van der Waals surface area contributed by atoms with Crippen LogP contribution in [0.25, 0.3) is 0 Å². The third-order valence-electron chi connectivity index (χ3n) is 3.34. The normalized spacial score (nSPS) is 19.9. The summed E-state index contributed by atoms with van der Waals surface area (Å²) in [6.45, 7) is -0.298. The number of benzene rings is 1. The molecule has 0 spiro atoms. The summed E-state index contributed by atoms with van der Waals surface area (Å²) >= 11 is 0. The van der Waals surface area contributed by atoms with Gasteiger partial charge in [0, 0.05) is 5.56 Å². The second kappa shape index (κ2) is 6.65. The largest absolute Gasteiger partial charge is 0.434 e. The Labute approximate surface area is 116 Å². The molecule has 0 aliphatic carbocycles. The van der Waals surface area contributed by atoms with Crippen molar-refractivity contribution in [1.29, 1.82) is 0 Å². The van der Waals surface area contributed by atoms with Gasteiger partial charge in [0.05, 0.1) is 12.1 Å². The van der Waals surface area contributed by atoms with Crippen LogP contribution in [0.15, 0.2) is 24.3 Å². The monoisotopic (exact) mass is 284 g/mol. The summed E-state index contributed by atoms with van der Waals surface area (Å²) in [5.74, 6) is -0.0171. The second-order valence-corrected chi connectivity index (χ2v) is 4.80. The molecule has 1 aromatic carbocycles. The minimum Gasteiger partial charge on any atom is -0.434 e. The minimum absolute atomic E-state index is 0.0923. The quantitative estimate of drug-likeness (QED) is 0.871. The van der Waals surface area contributed by atoms with E-state index in [1.54, 1.807) is 25.1 Å².